The summed E-state index contributed by atoms with van der Waals surface area (Å²) >= 11 is 0. The monoisotopic (exact) mass is 713 g/mol. The molecule has 1 aliphatic heterocycles. The van der Waals surface area contributed by atoms with Crippen LogP contribution in [0, 0.1) is 0 Å². The zero-order chi connectivity index (χ0) is 36.1. The van der Waals surface area contributed by atoms with Crippen LogP contribution in [-0.2, 0) is 18.0 Å². The van der Waals surface area contributed by atoms with Gasteiger partial charge in [0.1, 0.15) is 24.6 Å². The Labute approximate surface area is 291 Å². The molecule has 0 saturated carbocycles. The van der Waals surface area contributed by atoms with E-state index < -0.39 is 37.3 Å². The maximum atomic E-state index is 13.1. The average Bonchev–Trinajstić information content (AvgIpc) is 3.52. The number of carbonyl (C=O) groups is 1. The van der Waals surface area contributed by atoms with Crippen LogP contribution in [0.25, 0.3) is 11.2 Å². The molecule has 4 atom stereocenters. The van der Waals surface area contributed by atoms with Gasteiger partial charge in [-0.05, 0) is 66.5 Å². The average molecular weight is 714 g/mol. The molecule has 3 heterocycles. The molecule has 0 unspecified atom stereocenters. The van der Waals surface area contributed by atoms with E-state index in [1.165, 1.54) is 6.33 Å². The molecule has 1 saturated heterocycles. The Hall–Kier alpha value is -2.27. The topological polar surface area (TPSA) is 110 Å². The molecule has 1 aromatic carbocycles. The van der Waals surface area contributed by atoms with Gasteiger partial charge in [-0.1, -0.05) is 80.5 Å². The minimum Gasteiger partial charge on any atom is -0.414 e. The Bertz CT molecular complexity index is 1580. The van der Waals surface area contributed by atoms with Gasteiger partial charge in [0.05, 0.1) is 12.9 Å². The predicted molar refractivity (Wildman–Crippen MR) is 201 cm³/mol. The van der Waals surface area contributed by atoms with Crippen molar-refractivity contribution in [2.75, 3.05) is 11.9 Å². The Morgan fingerprint density at radius 3 is 1.88 bits per heavy atom. The number of carbonyl (C=O) groups excluding carboxylic acids is 1. The van der Waals surface area contributed by atoms with Crippen molar-refractivity contribution in [2.24, 2.45) is 0 Å². The van der Waals surface area contributed by atoms with Crippen LogP contribution in [0.15, 0.2) is 43.0 Å². The molecule has 0 bridgehead atoms. The lowest BCUT2D eigenvalue weighted by atomic mass is 10.1. The molecule has 10 nitrogen and oxygen atoms in total. The van der Waals surface area contributed by atoms with Crippen molar-refractivity contribution in [1.82, 2.24) is 19.5 Å². The Morgan fingerprint density at radius 1 is 0.792 bits per heavy atom. The molecule has 266 valence electrons. The maximum absolute atomic E-state index is 13.1. The second-order valence-electron chi connectivity index (χ2n) is 17.7. The van der Waals surface area contributed by atoms with E-state index in [0.717, 1.165) is 0 Å². The van der Waals surface area contributed by atoms with E-state index in [1.54, 1.807) is 18.5 Å². The molecular weight excluding hydrogens is 655 g/mol. The molecule has 1 N–H and O–H groups in total. The lowest BCUT2D eigenvalue weighted by Gasteiger charge is -2.44. The molecule has 0 aliphatic carbocycles. The molecule has 1 amide bonds. The van der Waals surface area contributed by atoms with E-state index in [0.29, 0.717) is 29.2 Å². The van der Waals surface area contributed by atoms with Crippen molar-refractivity contribution in [3.8, 4) is 0 Å². The number of nitrogens with one attached hydrogen (secondary N) is 1. The number of fused-ring (bicyclic) bond motifs is 1. The second kappa shape index (κ2) is 13.5. The number of hydrogen-bond acceptors (Lipinski definition) is 8. The summed E-state index contributed by atoms with van der Waals surface area (Å²) in [7, 11) is -6.76. The Kier molecular flexibility index (Phi) is 10.8. The molecular formula is C35H59N5O5Si3. The van der Waals surface area contributed by atoms with Crippen LogP contribution in [-0.4, -0.2) is 75.3 Å². The minimum absolute atomic E-state index is 0.0295. The maximum Gasteiger partial charge on any atom is 0.256 e. The fourth-order valence-corrected chi connectivity index (χ4v) is 8.39. The summed E-state index contributed by atoms with van der Waals surface area (Å²) in [5.74, 6) is 0.0615. The number of amides is 1. The van der Waals surface area contributed by atoms with Gasteiger partial charge in [-0.3, -0.25) is 9.36 Å². The van der Waals surface area contributed by atoms with Crippen LogP contribution in [0.2, 0.25) is 54.4 Å². The minimum atomic E-state index is -2.34. The summed E-state index contributed by atoms with van der Waals surface area (Å²) in [5, 5.41) is 2.88. The van der Waals surface area contributed by atoms with E-state index in [1.807, 2.05) is 22.8 Å². The first-order valence-corrected chi connectivity index (χ1v) is 25.8. The van der Waals surface area contributed by atoms with Gasteiger partial charge in [0.25, 0.3) is 5.91 Å². The molecule has 3 aromatic rings. The third-order valence-corrected chi connectivity index (χ3v) is 24.5. The summed E-state index contributed by atoms with van der Waals surface area (Å²) in [6, 6.07) is 9.05. The normalized spacial score (nSPS) is 21.6. The van der Waals surface area contributed by atoms with Gasteiger partial charge >= 0.3 is 0 Å². The van der Waals surface area contributed by atoms with Gasteiger partial charge in [-0.15, -0.1) is 0 Å². The third kappa shape index (κ3) is 8.03. The first-order valence-electron chi connectivity index (χ1n) is 17.1. The van der Waals surface area contributed by atoms with Gasteiger partial charge in [0.15, 0.2) is 48.2 Å². The van der Waals surface area contributed by atoms with Gasteiger partial charge in [0.2, 0.25) is 0 Å². The summed E-state index contributed by atoms with van der Waals surface area (Å²) < 4.78 is 30.4. The van der Waals surface area contributed by atoms with Crippen molar-refractivity contribution < 1.29 is 22.8 Å². The highest BCUT2D eigenvalue weighted by molar-refractivity contribution is 6.75. The number of ether oxygens (including phenoxy) is 1. The quantitative estimate of drug-likeness (QED) is 0.208. The highest BCUT2D eigenvalue weighted by Gasteiger charge is 2.55. The largest absolute Gasteiger partial charge is 0.414 e. The van der Waals surface area contributed by atoms with Crippen LogP contribution in [0.1, 0.15) is 78.9 Å². The lowest BCUT2D eigenvalue weighted by molar-refractivity contribution is -0.0470. The van der Waals surface area contributed by atoms with Crippen LogP contribution in [0.3, 0.4) is 0 Å². The van der Waals surface area contributed by atoms with Crippen LogP contribution >= 0.6 is 0 Å². The van der Waals surface area contributed by atoms with Crippen molar-refractivity contribution >= 4 is 47.8 Å². The van der Waals surface area contributed by atoms with Gasteiger partial charge in [0, 0.05) is 5.56 Å². The van der Waals surface area contributed by atoms with Crippen LogP contribution < -0.4 is 5.32 Å². The lowest BCUT2D eigenvalue weighted by Crippen LogP contribution is -2.54. The Balaban J connectivity index is 1.81. The summed E-state index contributed by atoms with van der Waals surface area (Å²) in [6.07, 6.45) is 1.34. The van der Waals surface area contributed by atoms with Crippen LogP contribution in [0.4, 0.5) is 5.82 Å². The first kappa shape index (κ1) is 38.5. The van der Waals surface area contributed by atoms with E-state index in [2.05, 4.69) is 117 Å². The molecule has 1 fully saturated rings. The van der Waals surface area contributed by atoms with Crippen molar-refractivity contribution in [3.63, 3.8) is 0 Å². The SMILES string of the molecule is CC(C)(C)[Si](C)(C)OC[C@H]1O[C@@H](n2cnc3c(NC(=O)c4ccccc4)ncnc32)[C@H](O[Si](C)(C)C(C)(C)C)[C@@H]1O[Si](C)(C)C(C)(C)C. The van der Waals surface area contributed by atoms with E-state index >= 15 is 0 Å². The fourth-order valence-electron chi connectivity index (χ4n) is 4.77. The van der Waals surface area contributed by atoms with Crippen molar-refractivity contribution in [2.45, 2.75) is 141 Å². The summed E-state index contributed by atoms with van der Waals surface area (Å²) in [4.78, 5) is 26.8. The van der Waals surface area contributed by atoms with Crippen LogP contribution in [0.5, 0.6) is 0 Å². The number of rotatable bonds is 10. The van der Waals surface area contributed by atoms with E-state index in [4.69, 9.17) is 23.0 Å². The molecule has 0 spiro atoms. The third-order valence-electron chi connectivity index (χ3n) is 11.1. The highest BCUT2D eigenvalue weighted by atomic mass is 28.4. The molecule has 4 rings (SSSR count). The number of aromatic nitrogens is 4. The zero-order valence-electron chi connectivity index (χ0n) is 31.9. The number of hydrogen-bond donors (Lipinski definition) is 1. The van der Waals surface area contributed by atoms with Gasteiger partial charge in [-0.25, -0.2) is 15.0 Å². The molecule has 2 aromatic heterocycles. The van der Waals surface area contributed by atoms with Crippen molar-refractivity contribution in [1.29, 1.82) is 0 Å². The summed E-state index contributed by atoms with van der Waals surface area (Å²) in [6.45, 7) is 34.2. The second-order valence-corrected chi connectivity index (χ2v) is 32.0. The van der Waals surface area contributed by atoms with E-state index in [-0.39, 0.29) is 33.2 Å². The van der Waals surface area contributed by atoms with Crippen molar-refractivity contribution in [3.05, 3.63) is 48.5 Å². The Morgan fingerprint density at radius 2 is 1.33 bits per heavy atom. The standard InChI is InChI=1S/C35H59N5O5Si3/c1-33(2,3)46(10,11)42-21-25-27(44-47(12,13)34(4,5)6)28(45-48(14,15)35(7,8)9)32(43-25)40-23-38-26-29(36-22-37-30(26)40)39-31(41)24-19-17-16-18-20-24/h16-20,22-23,25,27-28,32H,21H2,1-15H3,(H,36,37,39,41)/t25-,27-,28-,32-/m1/s1. The molecule has 13 heteroatoms. The number of benzene rings is 1. The first-order chi connectivity index (χ1) is 21.9. The van der Waals surface area contributed by atoms with Gasteiger partial charge < -0.3 is 23.3 Å². The van der Waals surface area contributed by atoms with Gasteiger partial charge in [-0.2, -0.15) is 0 Å². The fraction of sp³-hybridized carbons (Fsp3) is 0.657. The molecule has 0 radical (unpaired) electrons. The number of nitrogens with zero attached hydrogens (tertiary/aromatic N) is 4. The highest BCUT2D eigenvalue weighted by Crippen LogP contribution is 2.47. The smallest absolute Gasteiger partial charge is 0.256 e. The number of anilines is 1. The molecule has 1 aliphatic rings. The number of imidazole rings is 1. The molecule has 48 heavy (non-hydrogen) atoms. The summed E-state index contributed by atoms with van der Waals surface area (Å²) in [5.41, 5.74) is 1.54. The zero-order valence-corrected chi connectivity index (χ0v) is 34.9. The predicted octanol–water partition coefficient (Wildman–Crippen LogP) is 8.78. The van der Waals surface area contributed by atoms with E-state index in [9.17, 15) is 4.79 Å².